The first kappa shape index (κ1) is 27.0. The largest absolute Gasteiger partial charge is 0.478 e. The van der Waals surface area contributed by atoms with Crippen molar-refractivity contribution in [1.82, 2.24) is 5.32 Å². The van der Waals surface area contributed by atoms with Crippen LogP contribution in [0.5, 0.6) is 0 Å². The molecule has 38 heavy (non-hydrogen) atoms. The van der Waals surface area contributed by atoms with Gasteiger partial charge in [-0.05, 0) is 86.1 Å². The van der Waals surface area contributed by atoms with E-state index < -0.39 is 5.97 Å². The topological polar surface area (TPSA) is 155 Å². The lowest BCUT2D eigenvalue weighted by molar-refractivity contribution is 0.0697. The van der Waals surface area contributed by atoms with Gasteiger partial charge in [0.05, 0.1) is 10.9 Å². The van der Waals surface area contributed by atoms with E-state index in [9.17, 15) is 14.7 Å². The number of amides is 1. The van der Waals surface area contributed by atoms with Crippen molar-refractivity contribution in [2.24, 2.45) is 17.4 Å². The van der Waals surface area contributed by atoms with Gasteiger partial charge in [-0.3, -0.25) is 4.79 Å². The summed E-state index contributed by atoms with van der Waals surface area (Å²) in [6, 6.07) is 15.7. The molecule has 8 nitrogen and oxygen atoms in total. The van der Waals surface area contributed by atoms with Gasteiger partial charge in [0.15, 0.2) is 0 Å². The van der Waals surface area contributed by atoms with Crippen LogP contribution in [0, 0.1) is 11.3 Å². The zero-order chi connectivity index (χ0) is 27.2. The molecule has 0 saturated carbocycles. The highest BCUT2D eigenvalue weighted by atomic mass is 16.4. The van der Waals surface area contributed by atoms with E-state index in [2.05, 4.69) is 5.32 Å². The minimum Gasteiger partial charge on any atom is -0.478 e. The fraction of sp³-hybridized carbons (Fsp3) is 0.300. The average Bonchev–Trinajstić information content (AvgIpc) is 2.91. The molecule has 0 fully saturated rings. The molecule has 8 heteroatoms. The Morgan fingerprint density at radius 1 is 0.974 bits per heavy atom. The second kappa shape index (κ2) is 12.0. The van der Waals surface area contributed by atoms with Crippen molar-refractivity contribution in [2.45, 2.75) is 32.6 Å². The predicted octanol–water partition coefficient (Wildman–Crippen LogP) is 4.38. The van der Waals surface area contributed by atoms with Crippen molar-refractivity contribution in [1.29, 1.82) is 5.41 Å². The van der Waals surface area contributed by atoms with Gasteiger partial charge >= 0.3 is 5.97 Å². The minimum absolute atomic E-state index is 0.0186. The van der Waals surface area contributed by atoms with E-state index in [1.165, 1.54) is 6.07 Å². The first-order chi connectivity index (χ1) is 18.4. The van der Waals surface area contributed by atoms with Gasteiger partial charge in [-0.2, -0.15) is 0 Å². The highest BCUT2D eigenvalue weighted by Gasteiger charge is 2.23. The van der Waals surface area contributed by atoms with Crippen LogP contribution in [0.1, 0.15) is 52.5 Å². The zero-order valence-corrected chi connectivity index (χ0v) is 21.5. The van der Waals surface area contributed by atoms with Crippen molar-refractivity contribution in [2.75, 3.05) is 19.6 Å². The van der Waals surface area contributed by atoms with Crippen LogP contribution in [-0.2, 0) is 6.42 Å². The molecule has 1 aliphatic carbocycles. The Bertz CT molecular complexity index is 1490. The van der Waals surface area contributed by atoms with Crippen LogP contribution in [0.2, 0.25) is 0 Å². The number of aryl methyl sites for hydroxylation is 1. The van der Waals surface area contributed by atoms with Gasteiger partial charge in [-0.15, -0.1) is 0 Å². The fourth-order valence-corrected chi connectivity index (χ4v) is 4.92. The number of carbonyl (C=O) groups excluding carboxylic acids is 1. The van der Waals surface area contributed by atoms with Crippen molar-refractivity contribution in [3.8, 4) is 22.5 Å². The molecule has 1 amide bonds. The SMILES string of the molecule is CCc1ccc2c(-c3ccc(C(=O)NCCC(CCN)CCN)cc3C(=O)O)c3ccc(=N)cc-3oc2c1. The summed E-state index contributed by atoms with van der Waals surface area (Å²) < 4.78 is 6.14. The summed E-state index contributed by atoms with van der Waals surface area (Å²) in [5.41, 5.74) is 15.2. The molecule has 0 unspecified atom stereocenters. The lowest BCUT2D eigenvalue weighted by atomic mass is 9.89. The summed E-state index contributed by atoms with van der Waals surface area (Å²) >= 11 is 0. The Morgan fingerprint density at radius 3 is 2.39 bits per heavy atom. The number of nitrogens with one attached hydrogen (secondary N) is 2. The van der Waals surface area contributed by atoms with Crippen LogP contribution in [0.3, 0.4) is 0 Å². The van der Waals surface area contributed by atoms with Gasteiger partial charge in [0.25, 0.3) is 5.91 Å². The minimum atomic E-state index is -1.13. The number of benzene rings is 3. The van der Waals surface area contributed by atoms with Crippen molar-refractivity contribution in [3.05, 3.63) is 76.6 Å². The van der Waals surface area contributed by atoms with Gasteiger partial charge in [0.2, 0.25) is 0 Å². The summed E-state index contributed by atoms with van der Waals surface area (Å²) in [6.07, 6.45) is 3.27. The maximum absolute atomic E-state index is 12.9. The van der Waals surface area contributed by atoms with Gasteiger partial charge in [-0.25, -0.2) is 4.79 Å². The van der Waals surface area contributed by atoms with Gasteiger partial charge in [0, 0.05) is 34.7 Å². The molecule has 0 saturated heterocycles. The number of carboxylic acid groups (broad SMARTS) is 1. The summed E-state index contributed by atoms with van der Waals surface area (Å²) in [4.78, 5) is 25.3. The van der Waals surface area contributed by atoms with Crippen molar-refractivity contribution in [3.63, 3.8) is 0 Å². The molecule has 0 spiro atoms. The van der Waals surface area contributed by atoms with E-state index in [1.54, 1.807) is 30.3 Å². The molecule has 0 atom stereocenters. The Labute approximate surface area is 221 Å². The first-order valence-electron chi connectivity index (χ1n) is 13.0. The van der Waals surface area contributed by atoms with E-state index in [4.69, 9.17) is 21.3 Å². The van der Waals surface area contributed by atoms with Crippen LogP contribution in [0.4, 0.5) is 0 Å². The number of carboxylic acids is 1. The number of rotatable bonds is 11. The van der Waals surface area contributed by atoms with Gasteiger partial charge in [-0.1, -0.05) is 25.1 Å². The molecular weight excluding hydrogens is 480 g/mol. The molecule has 198 valence electrons. The van der Waals surface area contributed by atoms with Gasteiger partial charge in [0.1, 0.15) is 11.3 Å². The van der Waals surface area contributed by atoms with Crippen molar-refractivity contribution >= 4 is 22.8 Å². The molecule has 0 bridgehead atoms. The molecule has 0 aromatic heterocycles. The third-order valence-corrected chi connectivity index (χ3v) is 6.96. The molecule has 2 aliphatic rings. The molecule has 2 aromatic carbocycles. The quantitative estimate of drug-likeness (QED) is 0.187. The molecule has 1 heterocycles. The average molecular weight is 515 g/mol. The third kappa shape index (κ3) is 5.77. The van der Waals surface area contributed by atoms with E-state index in [1.807, 2.05) is 25.1 Å². The highest BCUT2D eigenvalue weighted by Crippen LogP contribution is 2.41. The smallest absolute Gasteiger partial charge is 0.336 e. The van der Waals surface area contributed by atoms with E-state index >= 15 is 0 Å². The number of nitrogens with two attached hydrogens (primary N) is 2. The van der Waals surface area contributed by atoms with Crippen LogP contribution in [-0.4, -0.2) is 36.6 Å². The van der Waals surface area contributed by atoms with Crippen LogP contribution in [0.25, 0.3) is 33.4 Å². The summed E-state index contributed by atoms with van der Waals surface area (Å²) in [5, 5.41) is 22.2. The maximum Gasteiger partial charge on any atom is 0.336 e. The number of fused-ring (bicyclic) bond motifs is 2. The van der Waals surface area contributed by atoms with Crippen LogP contribution < -0.4 is 22.1 Å². The van der Waals surface area contributed by atoms with Crippen molar-refractivity contribution < 1.29 is 19.1 Å². The normalized spacial score (nSPS) is 11.4. The summed E-state index contributed by atoms with van der Waals surface area (Å²) in [6.45, 7) is 3.65. The molecule has 0 radical (unpaired) electrons. The Morgan fingerprint density at radius 2 is 1.71 bits per heavy atom. The van der Waals surface area contributed by atoms with E-state index in [0.717, 1.165) is 36.6 Å². The number of hydrogen-bond donors (Lipinski definition) is 5. The third-order valence-electron chi connectivity index (χ3n) is 6.96. The lowest BCUT2D eigenvalue weighted by Gasteiger charge is -2.18. The number of carbonyl (C=O) groups is 2. The second-order valence-electron chi connectivity index (χ2n) is 9.50. The number of hydrogen-bond acceptors (Lipinski definition) is 6. The highest BCUT2D eigenvalue weighted by molar-refractivity contribution is 6.09. The van der Waals surface area contributed by atoms with Gasteiger partial charge < -0.3 is 31.7 Å². The second-order valence-corrected chi connectivity index (χ2v) is 9.50. The summed E-state index contributed by atoms with van der Waals surface area (Å²) in [5.74, 6) is -0.631. The number of aromatic carboxylic acids is 1. The Balaban J connectivity index is 1.75. The van der Waals surface area contributed by atoms with E-state index in [-0.39, 0.29) is 17.0 Å². The van der Waals surface area contributed by atoms with Crippen LogP contribution in [0.15, 0.2) is 59.0 Å². The zero-order valence-electron chi connectivity index (χ0n) is 21.5. The van der Waals surface area contributed by atoms with E-state index in [0.29, 0.717) is 58.9 Å². The molecular formula is C30H34N4O4. The molecule has 4 rings (SSSR count). The monoisotopic (exact) mass is 514 g/mol. The molecule has 2 aromatic rings. The predicted molar refractivity (Wildman–Crippen MR) is 148 cm³/mol. The van der Waals surface area contributed by atoms with Crippen LogP contribution >= 0.6 is 0 Å². The Kier molecular flexibility index (Phi) is 8.55. The Hall–Kier alpha value is -4.01. The standard InChI is InChI=1S/C30H34N4O4/c1-2-18-3-6-23-26(15-18)38-27-17-21(33)5-8-24(27)28(23)22-7-4-20(16-25(22)30(36)37)29(35)34-14-11-19(9-12-31)10-13-32/h3-8,15-17,19,33H,2,9-14,31-32H2,1H3,(H,34,35)(H,36,37). The molecule has 1 aliphatic heterocycles. The fourth-order valence-electron chi connectivity index (χ4n) is 4.92. The molecule has 7 N–H and O–H groups in total. The lowest BCUT2D eigenvalue weighted by Crippen LogP contribution is -2.27. The summed E-state index contributed by atoms with van der Waals surface area (Å²) in [7, 11) is 0. The maximum atomic E-state index is 12.9. The first-order valence-corrected chi connectivity index (χ1v) is 13.0.